The summed E-state index contributed by atoms with van der Waals surface area (Å²) < 4.78 is 0. The first-order chi connectivity index (χ1) is 15.5. The van der Waals surface area contributed by atoms with Crippen molar-refractivity contribution in [3.8, 4) is 0 Å². The van der Waals surface area contributed by atoms with Crippen LogP contribution in [-0.2, 0) is 9.59 Å². The van der Waals surface area contributed by atoms with Gasteiger partial charge in [0.1, 0.15) is 5.54 Å². The highest BCUT2D eigenvalue weighted by Crippen LogP contribution is 2.32. The summed E-state index contributed by atoms with van der Waals surface area (Å²) in [4.78, 5) is 43.8. The van der Waals surface area contributed by atoms with E-state index in [-0.39, 0.29) is 24.4 Å². The number of amides is 4. The third kappa shape index (κ3) is 5.24. The lowest BCUT2D eigenvalue weighted by Gasteiger charge is -2.36. The lowest BCUT2D eigenvalue weighted by atomic mass is 9.84. The van der Waals surface area contributed by atoms with Crippen LogP contribution in [0.2, 0.25) is 5.02 Å². The number of nitrogens with one attached hydrogen (secondary N) is 2. The smallest absolute Gasteiger partial charge is 0.324 e. The molecule has 4 rings (SSSR count). The molecule has 32 heavy (non-hydrogen) atoms. The summed E-state index contributed by atoms with van der Waals surface area (Å²) in [5.41, 5.74) is -0.0876. The highest BCUT2D eigenvalue weighted by molar-refractivity contribution is 6.33. The highest BCUT2D eigenvalue weighted by Gasteiger charge is 2.50. The normalized spacial score (nSPS) is 22.5. The molecule has 0 radical (unpaired) electrons. The summed E-state index contributed by atoms with van der Waals surface area (Å²) in [6, 6.07) is 6.90. The van der Waals surface area contributed by atoms with Crippen LogP contribution in [0.5, 0.6) is 0 Å². The molecule has 0 unspecified atom stereocenters. The van der Waals surface area contributed by atoms with Gasteiger partial charge in [0.05, 0.1) is 23.9 Å². The van der Waals surface area contributed by atoms with E-state index in [9.17, 15) is 14.4 Å². The Morgan fingerprint density at radius 3 is 2.28 bits per heavy atom. The second-order valence-corrected chi connectivity index (χ2v) is 9.48. The average Bonchev–Trinajstić information content (AvgIpc) is 2.99. The first-order valence-corrected chi connectivity index (χ1v) is 12.0. The number of hydrogen-bond acceptors (Lipinski definition) is 5. The number of hydrogen-bond donors (Lipinski definition) is 2. The van der Waals surface area contributed by atoms with Crippen LogP contribution in [0.4, 0.5) is 10.5 Å². The monoisotopic (exact) mass is 461 g/mol. The van der Waals surface area contributed by atoms with Crippen molar-refractivity contribution in [2.75, 3.05) is 44.7 Å². The summed E-state index contributed by atoms with van der Waals surface area (Å²) in [7, 11) is 0. The molecule has 3 fully saturated rings. The van der Waals surface area contributed by atoms with Crippen LogP contribution in [0, 0.1) is 0 Å². The molecule has 2 N–H and O–H groups in total. The number of para-hydroxylation sites is 1. The Bertz CT molecular complexity index is 848. The van der Waals surface area contributed by atoms with Crippen molar-refractivity contribution in [2.45, 2.75) is 50.5 Å². The topological polar surface area (TPSA) is 85.0 Å². The van der Waals surface area contributed by atoms with Gasteiger partial charge in [0, 0.05) is 26.2 Å². The Labute approximate surface area is 194 Å². The van der Waals surface area contributed by atoms with Crippen LogP contribution in [0.1, 0.15) is 44.9 Å². The molecule has 4 amide bonds. The molecule has 8 nitrogen and oxygen atoms in total. The van der Waals surface area contributed by atoms with E-state index in [1.54, 1.807) is 12.1 Å². The first-order valence-electron chi connectivity index (χ1n) is 11.6. The lowest BCUT2D eigenvalue weighted by Crippen LogP contribution is -2.53. The Morgan fingerprint density at radius 1 is 0.969 bits per heavy atom. The minimum Gasteiger partial charge on any atom is -0.324 e. The Balaban J connectivity index is 1.26. The molecule has 1 spiro atoms. The number of anilines is 1. The second-order valence-electron chi connectivity index (χ2n) is 9.08. The van der Waals surface area contributed by atoms with E-state index < -0.39 is 5.54 Å². The van der Waals surface area contributed by atoms with Crippen molar-refractivity contribution in [1.82, 2.24) is 20.0 Å². The largest absolute Gasteiger partial charge is 0.326 e. The molecule has 1 aromatic carbocycles. The Hall–Kier alpha value is -2.16. The van der Waals surface area contributed by atoms with Crippen molar-refractivity contribution >= 4 is 35.1 Å². The number of carbonyl (C=O) groups excluding carboxylic acids is 3. The first kappa shape index (κ1) is 23.0. The summed E-state index contributed by atoms with van der Waals surface area (Å²) in [5, 5.41) is 6.39. The van der Waals surface area contributed by atoms with Gasteiger partial charge < -0.3 is 10.6 Å². The zero-order valence-electron chi connectivity index (χ0n) is 18.4. The minimum atomic E-state index is -0.698. The number of carbonyl (C=O) groups is 3. The summed E-state index contributed by atoms with van der Waals surface area (Å²) in [6.07, 6.45) is 6.89. The average molecular weight is 462 g/mol. The Morgan fingerprint density at radius 2 is 1.59 bits per heavy atom. The van der Waals surface area contributed by atoms with E-state index in [0.29, 0.717) is 43.6 Å². The maximum atomic E-state index is 13.2. The van der Waals surface area contributed by atoms with Crippen molar-refractivity contribution in [3.63, 3.8) is 0 Å². The summed E-state index contributed by atoms with van der Waals surface area (Å²) in [6.45, 7) is 3.39. The second kappa shape index (κ2) is 10.2. The summed E-state index contributed by atoms with van der Waals surface area (Å²) in [5.74, 6) is -0.169. The molecule has 174 valence electrons. The van der Waals surface area contributed by atoms with Crippen LogP contribution in [-0.4, -0.2) is 77.5 Å². The van der Waals surface area contributed by atoms with E-state index in [1.807, 2.05) is 12.1 Å². The van der Waals surface area contributed by atoms with Gasteiger partial charge in [-0.3, -0.25) is 19.4 Å². The molecular formula is C23H32ClN5O3. The maximum Gasteiger partial charge on any atom is 0.326 e. The van der Waals surface area contributed by atoms with Crippen LogP contribution < -0.4 is 10.6 Å². The number of piperazine rings is 1. The van der Waals surface area contributed by atoms with E-state index in [2.05, 4.69) is 20.4 Å². The molecule has 1 saturated carbocycles. The van der Waals surface area contributed by atoms with Gasteiger partial charge in [-0.2, -0.15) is 0 Å². The standard InChI is InChI=1S/C23H32ClN5O3/c24-18-8-4-5-9-19(18)25-20(30)16-27-12-14-28(15-13-27)17-29-21(31)23(26-22(29)32)10-6-2-1-3-7-11-23/h4-5,8-9H,1-3,6-7,10-17H2,(H,25,30)(H,26,32). The Kier molecular flexibility index (Phi) is 7.33. The predicted molar refractivity (Wildman–Crippen MR) is 123 cm³/mol. The SMILES string of the molecule is O=C(CN1CCN(CN2C(=O)NC3(CCCCCCC3)C2=O)CC1)Nc1ccccc1Cl. The molecule has 1 aliphatic carbocycles. The third-order valence-corrected chi connectivity index (χ3v) is 7.10. The molecule has 9 heteroatoms. The fraction of sp³-hybridized carbons (Fsp3) is 0.609. The molecule has 0 atom stereocenters. The fourth-order valence-corrected chi connectivity index (χ4v) is 5.08. The van der Waals surface area contributed by atoms with Crippen molar-refractivity contribution in [2.24, 2.45) is 0 Å². The molecule has 0 bridgehead atoms. The zero-order valence-corrected chi connectivity index (χ0v) is 19.2. The van der Waals surface area contributed by atoms with Gasteiger partial charge in [0.15, 0.2) is 0 Å². The van der Waals surface area contributed by atoms with Gasteiger partial charge in [-0.25, -0.2) is 9.69 Å². The number of imide groups is 1. The van der Waals surface area contributed by atoms with Crippen molar-refractivity contribution in [1.29, 1.82) is 0 Å². The number of urea groups is 1. The molecular weight excluding hydrogens is 430 g/mol. The zero-order chi connectivity index (χ0) is 22.6. The van der Waals surface area contributed by atoms with Gasteiger partial charge in [0.2, 0.25) is 5.91 Å². The van der Waals surface area contributed by atoms with E-state index in [0.717, 1.165) is 38.5 Å². The van der Waals surface area contributed by atoms with E-state index >= 15 is 0 Å². The number of halogens is 1. The third-order valence-electron chi connectivity index (χ3n) is 6.77. The van der Waals surface area contributed by atoms with E-state index in [1.165, 1.54) is 11.3 Å². The van der Waals surface area contributed by atoms with E-state index in [4.69, 9.17) is 11.6 Å². The lowest BCUT2D eigenvalue weighted by molar-refractivity contribution is -0.133. The van der Waals surface area contributed by atoms with Crippen molar-refractivity contribution in [3.05, 3.63) is 29.3 Å². The van der Waals surface area contributed by atoms with Crippen LogP contribution in [0.25, 0.3) is 0 Å². The summed E-state index contributed by atoms with van der Waals surface area (Å²) >= 11 is 6.11. The predicted octanol–water partition coefficient (Wildman–Crippen LogP) is 2.89. The number of rotatable bonds is 5. The molecule has 2 saturated heterocycles. The van der Waals surface area contributed by atoms with Crippen LogP contribution >= 0.6 is 11.6 Å². The van der Waals surface area contributed by atoms with Gasteiger partial charge >= 0.3 is 6.03 Å². The molecule has 0 aromatic heterocycles. The van der Waals surface area contributed by atoms with Gasteiger partial charge in [-0.1, -0.05) is 55.8 Å². The highest BCUT2D eigenvalue weighted by atomic mass is 35.5. The quantitative estimate of drug-likeness (QED) is 0.658. The molecule has 2 aliphatic heterocycles. The molecule has 2 heterocycles. The van der Waals surface area contributed by atoms with Gasteiger partial charge in [0.25, 0.3) is 5.91 Å². The fourth-order valence-electron chi connectivity index (χ4n) is 4.90. The van der Waals surface area contributed by atoms with Crippen LogP contribution in [0.3, 0.4) is 0 Å². The van der Waals surface area contributed by atoms with Gasteiger partial charge in [-0.05, 0) is 25.0 Å². The molecule has 3 aliphatic rings. The van der Waals surface area contributed by atoms with Gasteiger partial charge in [-0.15, -0.1) is 0 Å². The van der Waals surface area contributed by atoms with Crippen molar-refractivity contribution < 1.29 is 14.4 Å². The number of nitrogens with zero attached hydrogens (tertiary/aromatic N) is 3. The number of benzene rings is 1. The van der Waals surface area contributed by atoms with Crippen LogP contribution in [0.15, 0.2) is 24.3 Å². The maximum absolute atomic E-state index is 13.2. The minimum absolute atomic E-state index is 0.0639. The molecule has 1 aromatic rings.